The normalized spacial score (nSPS) is 13.7. The maximum Gasteiger partial charge on any atom is 0.318 e. The maximum absolute atomic E-state index is 11.5. The minimum Gasteiger partial charge on any atom is -0.351 e. The fourth-order valence-corrected chi connectivity index (χ4v) is 2.64. The van der Waals surface area contributed by atoms with Crippen LogP contribution in [0.4, 0.5) is 4.79 Å². The molecule has 0 aliphatic heterocycles. The van der Waals surface area contributed by atoms with E-state index in [9.17, 15) is 9.59 Å². The molecule has 0 bridgehead atoms. The Bertz CT molecular complexity index is 436. The van der Waals surface area contributed by atoms with E-state index >= 15 is 0 Å². The summed E-state index contributed by atoms with van der Waals surface area (Å²) in [5.74, 6) is -0.381. The average Bonchev–Trinajstić information content (AvgIpc) is 2.28. The second-order valence-corrected chi connectivity index (χ2v) is 5.95. The van der Waals surface area contributed by atoms with Gasteiger partial charge in [0.1, 0.15) is 0 Å². The Balaban J connectivity index is 2.58. The summed E-state index contributed by atoms with van der Waals surface area (Å²) >= 11 is 7.25. The number of thioether (sulfide) groups is 1. The highest BCUT2D eigenvalue weighted by molar-refractivity contribution is 8.00. The smallest absolute Gasteiger partial charge is 0.318 e. The third kappa shape index (κ3) is 4.58. The lowest BCUT2D eigenvalue weighted by Gasteiger charge is -2.16. The van der Waals surface area contributed by atoms with Crippen molar-refractivity contribution in [3.63, 3.8) is 0 Å². The number of benzene rings is 1. The minimum atomic E-state index is -0.827. The van der Waals surface area contributed by atoms with Gasteiger partial charge in [0.2, 0.25) is 5.91 Å². The number of halogens is 1. The predicted molar refractivity (Wildman–Crippen MR) is 74.6 cm³/mol. The van der Waals surface area contributed by atoms with Gasteiger partial charge in [0.15, 0.2) is 0 Å². The molecule has 0 aliphatic carbocycles. The van der Waals surface area contributed by atoms with Gasteiger partial charge in [-0.3, -0.25) is 10.1 Å². The fraction of sp³-hybridized carbons (Fsp3) is 0.333. The van der Waals surface area contributed by atoms with Gasteiger partial charge in [0, 0.05) is 10.3 Å². The van der Waals surface area contributed by atoms with Crippen LogP contribution in [0.15, 0.2) is 24.3 Å². The highest BCUT2D eigenvalue weighted by atomic mass is 35.5. The summed E-state index contributed by atoms with van der Waals surface area (Å²) in [7, 11) is 0. The van der Waals surface area contributed by atoms with Crippen LogP contribution in [0.25, 0.3) is 0 Å². The molecule has 3 amide bonds. The van der Waals surface area contributed by atoms with E-state index in [1.807, 2.05) is 31.2 Å². The van der Waals surface area contributed by atoms with Gasteiger partial charge in [-0.1, -0.05) is 23.7 Å². The van der Waals surface area contributed by atoms with Crippen LogP contribution < -0.4 is 11.1 Å². The lowest BCUT2D eigenvalue weighted by Crippen LogP contribution is -2.39. The highest BCUT2D eigenvalue weighted by Crippen LogP contribution is 2.32. The number of hydrogen-bond donors (Lipinski definition) is 2. The van der Waals surface area contributed by atoms with Crippen LogP contribution in [0.1, 0.15) is 24.7 Å². The van der Waals surface area contributed by atoms with Gasteiger partial charge >= 0.3 is 6.03 Å². The lowest BCUT2D eigenvalue weighted by molar-refractivity contribution is -0.119. The maximum atomic E-state index is 11.5. The molecule has 0 aromatic heterocycles. The molecule has 98 valence electrons. The molecule has 1 aromatic rings. The SMILES string of the molecule is C[C@@H](S[C@H](C)c1ccc(Cl)cc1)C(=O)NC(N)=O. The summed E-state index contributed by atoms with van der Waals surface area (Å²) in [6, 6.07) is 6.62. The number of rotatable bonds is 4. The first-order valence-electron chi connectivity index (χ1n) is 5.41. The van der Waals surface area contributed by atoms with Gasteiger partial charge in [-0.05, 0) is 31.5 Å². The Morgan fingerprint density at radius 2 is 1.83 bits per heavy atom. The fourth-order valence-electron chi connectivity index (χ4n) is 1.40. The minimum absolute atomic E-state index is 0.121. The van der Waals surface area contributed by atoms with Gasteiger partial charge in [0.05, 0.1) is 5.25 Å². The van der Waals surface area contributed by atoms with E-state index in [1.54, 1.807) is 6.92 Å². The number of hydrogen-bond acceptors (Lipinski definition) is 3. The van der Waals surface area contributed by atoms with E-state index in [2.05, 4.69) is 5.32 Å². The number of carbonyl (C=O) groups excluding carboxylic acids is 2. The first kappa shape index (κ1) is 14.9. The van der Waals surface area contributed by atoms with Crippen LogP contribution in [-0.4, -0.2) is 17.2 Å². The first-order chi connectivity index (χ1) is 8.40. The predicted octanol–water partition coefficient (Wildman–Crippen LogP) is 2.72. The van der Waals surface area contributed by atoms with Gasteiger partial charge in [-0.15, -0.1) is 11.8 Å². The monoisotopic (exact) mass is 286 g/mol. The number of primary amides is 1. The molecule has 1 rings (SSSR count). The van der Waals surface area contributed by atoms with Crippen LogP contribution in [0, 0.1) is 0 Å². The van der Waals surface area contributed by atoms with Crippen molar-refractivity contribution >= 4 is 35.3 Å². The molecule has 4 nitrogen and oxygen atoms in total. The molecule has 18 heavy (non-hydrogen) atoms. The molecule has 0 saturated heterocycles. The molecular weight excluding hydrogens is 272 g/mol. The summed E-state index contributed by atoms with van der Waals surface area (Å²) in [4.78, 5) is 22.1. The number of nitrogens with two attached hydrogens (primary N) is 1. The molecule has 0 saturated carbocycles. The topological polar surface area (TPSA) is 72.2 Å². The van der Waals surface area contributed by atoms with Crippen molar-refractivity contribution in [2.24, 2.45) is 5.73 Å². The van der Waals surface area contributed by atoms with Gasteiger partial charge in [-0.25, -0.2) is 4.79 Å². The van der Waals surface area contributed by atoms with E-state index in [0.717, 1.165) is 5.56 Å². The van der Waals surface area contributed by atoms with E-state index in [4.69, 9.17) is 17.3 Å². The average molecular weight is 287 g/mol. The molecule has 0 spiro atoms. The highest BCUT2D eigenvalue weighted by Gasteiger charge is 2.18. The first-order valence-corrected chi connectivity index (χ1v) is 6.73. The molecular formula is C12H15ClN2O2S. The van der Waals surface area contributed by atoms with Crippen LogP contribution >= 0.6 is 23.4 Å². The van der Waals surface area contributed by atoms with Crippen molar-refractivity contribution in [2.45, 2.75) is 24.3 Å². The lowest BCUT2D eigenvalue weighted by atomic mass is 10.2. The summed E-state index contributed by atoms with van der Waals surface area (Å²) < 4.78 is 0. The Hall–Kier alpha value is -1.20. The van der Waals surface area contributed by atoms with Crippen molar-refractivity contribution < 1.29 is 9.59 Å². The Morgan fingerprint density at radius 3 is 2.33 bits per heavy atom. The van der Waals surface area contributed by atoms with Gasteiger partial charge < -0.3 is 5.73 Å². The van der Waals surface area contributed by atoms with Crippen molar-refractivity contribution in [3.8, 4) is 0 Å². The molecule has 0 radical (unpaired) electrons. The van der Waals surface area contributed by atoms with Crippen LogP contribution in [0.2, 0.25) is 5.02 Å². The summed E-state index contributed by atoms with van der Waals surface area (Å²) in [5, 5.41) is 2.51. The van der Waals surface area contributed by atoms with Crippen molar-refractivity contribution in [1.82, 2.24) is 5.32 Å². The zero-order valence-corrected chi connectivity index (χ0v) is 11.7. The molecule has 0 unspecified atom stereocenters. The van der Waals surface area contributed by atoms with E-state index in [-0.39, 0.29) is 16.4 Å². The summed E-state index contributed by atoms with van der Waals surface area (Å²) in [6.07, 6.45) is 0. The van der Waals surface area contributed by atoms with Gasteiger partial charge in [0.25, 0.3) is 0 Å². The number of amides is 3. The summed E-state index contributed by atoms with van der Waals surface area (Å²) in [5.41, 5.74) is 5.97. The number of imide groups is 1. The third-order valence-corrected chi connectivity index (χ3v) is 3.92. The zero-order chi connectivity index (χ0) is 13.7. The molecule has 2 atom stereocenters. The molecule has 3 N–H and O–H groups in total. The van der Waals surface area contributed by atoms with Gasteiger partial charge in [-0.2, -0.15) is 0 Å². The summed E-state index contributed by atoms with van der Waals surface area (Å²) in [6.45, 7) is 3.72. The van der Waals surface area contributed by atoms with Crippen molar-refractivity contribution in [2.75, 3.05) is 0 Å². The second-order valence-electron chi connectivity index (χ2n) is 3.83. The Kier molecular flexibility index (Phi) is 5.50. The molecule has 6 heteroatoms. The Labute approximate surface area is 115 Å². The van der Waals surface area contributed by atoms with E-state index in [0.29, 0.717) is 5.02 Å². The molecule has 0 fully saturated rings. The third-order valence-electron chi connectivity index (χ3n) is 2.36. The largest absolute Gasteiger partial charge is 0.351 e. The molecule has 0 heterocycles. The quantitative estimate of drug-likeness (QED) is 0.894. The van der Waals surface area contributed by atoms with Crippen molar-refractivity contribution in [3.05, 3.63) is 34.9 Å². The number of urea groups is 1. The number of nitrogens with one attached hydrogen (secondary N) is 1. The molecule has 1 aromatic carbocycles. The standard InChI is InChI=1S/C12H15ClN2O2S/c1-7(9-3-5-10(13)6-4-9)18-8(2)11(16)15-12(14)17/h3-8H,1-2H3,(H3,14,15,16,17)/t7-,8-/m1/s1. The van der Waals surface area contributed by atoms with Crippen molar-refractivity contribution in [1.29, 1.82) is 0 Å². The zero-order valence-electron chi connectivity index (χ0n) is 10.1. The number of carbonyl (C=O) groups is 2. The van der Waals surface area contributed by atoms with Crippen LogP contribution in [-0.2, 0) is 4.79 Å². The molecule has 0 aliphatic rings. The van der Waals surface area contributed by atoms with E-state index < -0.39 is 6.03 Å². The Morgan fingerprint density at radius 1 is 1.28 bits per heavy atom. The van der Waals surface area contributed by atoms with Crippen LogP contribution in [0.5, 0.6) is 0 Å². The van der Waals surface area contributed by atoms with E-state index in [1.165, 1.54) is 11.8 Å². The van der Waals surface area contributed by atoms with Crippen LogP contribution in [0.3, 0.4) is 0 Å². The second kappa shape index (κ2) is 6.66.